The van der Waals surface area contributed by atoms with Crippen LogP contribution in [0.2, 0.25) is 0 Å². The summed E-state index contributed by atoms with van der Waals surface area (Å²) >= 11 is 0. The molecule has 3 amide bonds. The predicted molar refractivity (Wildman–Crippen MR) is 81.8 cm³/mol. The van der Waals surface area contributed by atoms with Crippen LogP contribution in [0.3, 0.4) is 0 Å². The second kappa shape index (κ2) is 6.49. The predicted octanol–water partition coefficient (Wildman–Crippen LogP) is 0.135. The van der Waals surface area contributed by atoms with E-state index in [-0.39, 0.29) is 18.9 Å². The van der Waals surface area contributed by atoms with Crippen LogP contribution >= 0.6 is 0 Å². The van der Waals surface area contributed by atoms with E-state index in [1.54, 1.807) is 31.2 Å². The normalized spacial score (nSPS) is 16.6. The van der Waals surface area contributed by atoms with Gasteiger partial charge in [0.05, 0.1) is 24.2 Å². The second-order valence-corrected chi connectivity index (χ2v) is 5.28. The minimum absolute atomic E-state index is 0.0577. The molecule has 1 atom stereocenters. The van der Waals surface area contributed by atoms with Crippen molar-refractivity contribution in [2.45, 2.75) is 25.9 Å². The van der Waals surface area contributed by atoms with Gasteiger partial charge in [-0.25, -0.2) is 0 Å². The van der Waals surface area contributed by atoms with Gasteiger partial charge in [0.2, 0.25) is 17.7 Å². The van der Waals surface area contributed by atoms with Crippen molar-refractivity contribution in [2.24, 2.45) is 0 Å². The number of aromatic nitrogens is 2. The number of carbonyl (C=O) groups is 3. The monoisotopic (exact) mass is 329 g/mol. The highest BCUT2D eigenvalue weighted by molar-refractivity contribution is 6.10. The molecule has 1 aromatic carbocycles. The average Bonchev–Trinajstić information content (AvgIpc) is 2.93. The highest BCUT2D eigenvalue weighted by Crippen LogP contribution is 2.18. The summed E-state index contributed by atoms with van der Waals surface area (Å²) < 4.78 is 4.88. The summed E-state index contributed by atoms with van der Waals surface area (Å²) in [4.78, 5) is 40.3. The van der Waals surface area contributed by atoms with Gasteiger partial charge in [0.15, 0.2) is 5.82 Å². The van der Waals surface area contributed by atoms with Crippen molar-refractivity contribution in [1.29, 1.82) is 0 Å². The largest absolute Gasteiger partial charge is 0.347 e. The molecule has 9 nitrogen and oxygen atoms in total. The van der Waals surface area contributed by atoms with E-state index in [9.17, 15) is 14.4 Å². The molecule has 1 aliphatic heterocycles. The fourth-order valence-corrected chi connectivity index (χ4v) is 2.30. The molecular formula is C15H15N5O4. The number of amides is 3. The van der Waals surface area contributed by atoms with Gasteiger partial charge in [0, 0.05) is 0 Å². The zero-order valence-electron chi connectivity index (χ0n) is 12.8. The van der Waals surface area contributed by atoms with Crippen LogP contribution in [0.4, 0.5) is 5.69 Å². The second-order valence-electron chi connectivity index (χ2n) is 5.28. The van der Waals surface area contributed by atoms with Crippen molar-refractivity contribution in [3.8, 4) is 0 Å². The Hall–Kier alpha value is -3.23. The molecule has 0 saturated carbocycles. The molecule has 0 aliphatic carbocycles. The lowest BCUT2D eigenvalue weighted by molar-refractivity contribution is -0.125. The van der Waals surface area contributed by atoms with Gasteiger partial charge < -0.3 is 20.5 Å². The third-order valence-electron chi connectivity index (χ3n) is 3.45. The third-order valence-corrected chi connectivity index (χ3v) is 3.45. The summed E-state index contributed by atoms with van der Waals surface area (Å²) in [6.45, 7) is 1.72. The maximum absolute atomic E-state index is 12.2. The number of hydrogen-bond acceptors (Lipinski definition) is 6. The highest BCUT2D eigenvalue weighted by Gasteiger charge is 2.29. The number of nitrogens with zero attached hydrogens (tertiary/aromatic N) is 2. The molecule has 0 radical (unpaired) electrons. The van der Waals surface area contributed by atoms with Crippen LogP contribution in [-0.2, 0) is 16.1 Å². The van der Waals surface area contributed by atoms with Gasteiger partial charge in [-0.1, -0.05) is 17.3 Å². The topological polar surface area (TPSA) is 126 Å². The molecule has 124 valence electrons. The first-order chi connectivity index (χ1) is 11.5. The Labute approximate surface area is 136 Å². The van der Waals surface area contributed by atoms with Crippen LogP contribution < -0.4 is 16.0 Å². The van der Waals surface area contributed by atoms with E-state index in [2.05, 4.69) is 26.1 Å². The standard InChI is InChI=1S/C15H15N5O4/c1-8-17-13(24-20-8)7-16-12(21)6-11-15(23)18-10-5-3-2-4-9(10)14(22)19-11/h2-5,11H,6-7H2,1H3,(H,16,21)(H,18,23)(H,19,22)/t11-/m0/s1. The molecule has 2 heterocycles. The Morgan fingerprint density at radius 2 is 2.12 bits per heavy atom. The van der Waals surface area contributed by atoms with Crippen LogP contribution in [0.25, 0.3) is 0 Å². The van der Waals surface area contributed by atoms with Crippen molar-refractivity contribution in [2.75, 3.05) is 5.32 Å². The molecule has 1 aliphatic rings. The maximum atomic E-state index is 12.2. The molecule has 3 N–H and O–H groups in total. The van der Waals surface area contributed by atoms with E-state index < -0.39 is 23.8 Å². The quantitative estimate of drug-likeness (QED) is 0.732. The van der Waals surface area contributed by atoms with E-state index in [4.69, 9.17) is 4.52 Å². The number of aryl methyl sites for hydroxylation is 1. The van der Waals surface area contributed by atoms with Crippen molar-refractivity contribution < 1.29 is 18.9 Å². The van der Waals surface area contributed by atoms with Crippen molar-refractivity contribution in [3.63, 3.8) is 0 Å². The summed E-state index contributed by atoms with van der Waals surface area (Å²) in [5.41, 5.74) is 0.777. The molecule has 0 fully saturated rings. The zero-order valence-corrected chi connectivity index (χ0v) is 12.8. The average molecular weight is 329 g/mol. The molecule has 0 saturated heterocycles. The molecule has 1 aromatic heterocycles. The van der Waals surface area contributed by atoms with Gasteiger partial charge in [-0.05, 0) is 19.1 Å². The summed E-state index contributed by atoms with van der Waals surface area (Å²) in [5.74, 6) is -0.543. The molecule has 0 spiro atoms. The van der Waals surface area contributed by atoms with Crippen LogP contribution in [0.1, 0.15) is 28.5 Å². The number of benzene rings is 1. The summed E-state index contributed by atoms with van der Waals surface area (Å²) in [5, 5.41) is 11.4. The van der Waals surface area contributed by atoms with Crippen molar-refractivity contribution >= 4 is 23.4 Å². The Morgan fingerprint density at radius 3 is 2.88 bits per heavy atom. The zero-order chi connectivity index (χ0) is 17.1. The van der Waals surface area contributed by atoms with E-state index in [0.29, 0.717) is 17.1 Å². The van der Waals surface area contributed by atoms with Crippen molar-refractivity contribution in [1.82, 2.24) is 20.8 Å². The number of hydrogen-bond donors (Lipinski definition) is 3. The van der Waals surface area contributed by atoms with Crippen LogP contribution in [0, 0.1) is 6.92 Å². The first-order valence-electron chi connectivity index (χ1n) is 7.29. The van der Waals surface area contributed by atoms with Crippen molar-refractivity contribution in [3.05, 3.63) is 41.5 Å². The van der Waals surface area contributed by atoms with E-state index in [1.807, 2.05) is 0 Å². The first kappa shape index (κ1) is 15.7. The Kier molecular flexibility index (Phi) is 4.23. The van der Waals surface area contributed by atoms with E-state index in [1.165, 1.54) is 0 Å². The first-order valence-corrected chi connectivity index (χ1v) is 7.29. The van der Waals surface area contributed by atoms with Crippen LogP contribution in [0.5, 0.6) is 0 Å². The summed E-state index contributed by atoms with van der Waals surface area (Å²) in [6, 6.07) is 5.68. The van der Waals surface area contributed by atoms with Gasteiger partial charge in [-0.3, -0.25) is 14.4 Å². The van der Waals surface area contributed by atoms with Crippen LogP contribution in [-0.4, -0.2) is 33.9 Å². The lowest BCUT2D eigenvalue weighted by atomic mass is 10.1. The summed E-state index contributed by atoms with van der Waals surface area (Å²) in [6.07, 6.45) is -0.196. The Balaban J connectivity index is 1.62. The molecule has 0 bridgehead atoms. The number of para-hydroxylation sites is 1. The SMILES string of the molecule is Cc1noc(CNC(=O)C[C@@H]2NC(=O)c3ccccc3NC2=O)n1. The van der Waals surface area contributed by atoms with Crippen LogP contribution in [0.15, 0.2) is 28.8 Å². The smallest absolute Gasteiger partial charge is 0.254 e. The Morgan fingerprint density at radius 1 is 1.33 bits per heavy atom. The molecular weight excluding hydrogens is 314 g/mol. The van der Waals surface area contributed by atoms with Gasteiger partial charge in [0.1, 0.15) is 6.04 Å². The lowest BCUT2D eigenvalue weighted by Gasteiger charge is -2.13. The molecule has 3 rings (SSSR count). The number of nitrogens with one attached hydrogen (secondary N) is 3. The number of anilines is 1. The molecule has 24 heavy (non-hydrogen) atoms. The minimum Gasteiger partial charge on any atom is -0.347 e. The van der Waals surface area contributed by atoms with Gasteiger partial charge in [0.25, 0.3) is 5.91 Å². The fourth-order valence-electron chi connectivity index (χ4n) is 2.30. The summed E-state index contributed by atoms with van der Waals surface area (Å²) in [7, 11) is 0. The van der Waals surface area contributed by atoms with Gasteiger partial charge in [-0.2, -0.15) is 4.98 Å². The molecule has 0 unspecified atom stereocenters. The minimum atomic E-state index is -0.964. The highest BCUT2D eigenvalue weighted by atomic mass is 16.5. The number of carbonyl (C=O) groups excluding carboxylic acids is 3. The van der Waals surface area contributed by atoms with Gasteiger partial charge >= 0.3 is 0 Å². The number of fused-ring (bicyclic) bond motifs is 1. The molecule has 9 heteroatoms. The molecule has 2 aromatic rings. The number of rotatable bonds is 4. The fraction of sp³-hybridized carbons (Fsp3) is 0.267. The van der Waals surface area contributed by atoms with E-state index in [0.717, 1.165) is 0 Å². The third kappa shape index (κ3) is 3.40. The lowest BCUT2D eigenvalue weighted by Crippen LogP contribution is -2.44. The Bertz CT molecular complexity index is 801. The van der Waals surface area contributed by atoms with Gasteiger partial charge in [-0.15, -0.1) is 0 Å². The van der Waals surface area contributed by atoms with E-state index >= 15 is 0 Å². The maximum Gasteiger partial charge on any atom is 0.254 e.